The van der Waals surface area contributed by atoms with E-state index in [9.17, 15) is 4.79 Å². The number of carbonyl (C=O) groups excluding carboxylic acids is 1. The predicted octanol–water partition coefficient (Wildman–Crippen LogP) is 2.19. The fraction of sp³-hybridized carbons (Fsp3) is 0. The Hall–Kier alpha value is -3.15. The van der Waals surface area contributed by atoms with Crippen molar-refractivity contribution in [2.24, 2.45) is 0 Å². The molecule has 0 spiro atoms. The fourth-order valence-electron chi connectivity index (χ4n) is 1.73. The predicted molar refractivity (Wildman–Crippen MR) is 77.5 cm³/mol. The summed E-state index contributed by atoms with van der Waals surface area (Å²) in [5, 5.41) is 2.68. The number of anilines is 1. The van der Waals surface area contributed by atoms with Crippen molar-refractivity contribution in [2.75, 3.05) is 5.32 Å². The van der Waals surface area contributed by atoms with Crippen LogP contribution in [-0.4, -0.2) is 25.8 Å². The zero-order valence-corrected chi connectivity index (χ0v) is 11.0. The van der Waals surface area contributed by atoms with Gasteiger partial charge in [0.1, 0.15) is 5.69 Å². The Balaban J connectivity index is 1.75. The molecule has 21 heavy (non-hydrogen) atoms. The van der Waals surface area contributed by atoms with Crippen molar-refractivity contribution in [3.05, 3.63) is 66.9 Å². The Morgan fingerprint density at radius 2 is 1.71 bits per heavy atom. The number of carbonyl (C=O) groups is 1. The third kappa shape index (κ3) is 3.06. The van der Waals surface area contributed by atoms with Gasteiger partial charge in [-0.2, -0.15) is 0 Å². The summed E-state index contributed by atoms with van der Waals surface area (Å²) in [4.78, 5) is 28.4. The van der Waals surface area contributed by atoms with Crippen LogP contribution in [0.5, 0.6) is 0 Å². The number of pyridine rings is 2. The first-order valence-electron chi connectivity index (χ1n) is 6.28. The maximum Gasteiger partial charge on any atom is 0.256 e. The molecular weight excluding hydrogens is 266 g/mol. The van der Waals surface area contributed by atoms with Gasteiger partial charge in [-0.3, -0.25) is 14.8 Å². The molecular formula is C15H11N5O. The van der Waals surface area contributed by atoms with E-state index in [1.54, 1.807) is 36.9 Å². The Morgan fingerprint density at radius 3 is 2.38 bits per heavy atom. The first-order valence-corrected chi connectivity index (χ1v) is 6.28. The second-order valence-corrected chi connectivity index (χ2v) is 4.19. The largest absolute Gasteiger partial charge is 0.305 e. The van der Waals surface area contributed by atoms with E-state index in [-0.39, 0.29) is 5.91 Å². The zero-order valence-electron chi connectivity index (χ0n) is 11.0. The van der Waals surface area contributed by atoms with Gasteiger partial charge >= 0.3 is 0 Å². The molecule has 0 fully saturated rings. The van der Waals surface area contributed by atoms with Crippen molar-refractivity contribution >= 4 is 11.7 Å². The molecule has 0 aliphatic carbocycles. The molecule has 3 aromatic rings. The van der Waals surface area contributed by atoms with Crippen molar-refractivity contribution in [1.29, 1.82) is 0 Å². The molecule has 0 atom stereocenters. The quantitative estimate of drug-likeness (QED) is 0.793. The van der Waals surface area contributed by atoms with Gasteiger partial charge in [0.05, 0.1) is 18.1 Å². The van der Waals surface area contributed by atoms with E-state index in [0.717, 1.165) is 5.69 Å². The molecule has 0 aliphatic heterocycles. The summed E-state index contributed by atoms with van der Waals surface area (Å²) in [7, 11) is 0. The van der Waals surface area contributed by atoms with Gasteiger partial charge in [0.15, 0.2) is 5.82 Å². The number of hydrogen-bond donors (Lipinski definition) is 1. The van der Waals surface area contributed by atoms with Crippen LogP contribution in [0.25, 0.3) is 11.4 Å². The second kappa shape index (κ2) is 5.87. The van der Waals surface area contributed by atoms with E-state index < -0.39 is 0 Å². The summed E-state index contributed by atoms with van der Waals surface area (Å²) in [5.74, 6) is 0.133. The molecule has 0 saturated heterocycles. The van der Waals surface area contributed by atoms with Crippen molar-refractivity contribution in [2.45, 2.75) is 0 Å². The van der Waals surface area contributed by atoms with Crippen LogP contribution >= 0.6 is 0 Å². The summed E-state index contributed by atoms with van der Waals surface area (Å²) in [6.45, 7) is 0. The topological polar surface area (TPSA) is 80.7 Å². The molecule has 0 unspecified atom stereocenters. The molecule has 1 amide bonds. The molecule has 0 radical (unpaired) electrons. The number of hydrogen-bond acceptors (Lipinski definition) is 5. The lowest BCUT2D eigenvalue weighted by Crippen LogP contribution is -2.13. The molecule has 1 N–H and O–H groups in total. The molecule has 102 valence electrons. The standard InChI is InChI=1S/C15H11N5O/c21-15(11-4-7-16-8-5-11)20-14-10-18-13(9-19-14)12-3-1-2-6-17-12/h1-10H,(H,19,20,21). The Bertz CT molecular complexity index is 729. The molecule has 0 saturated carbocycles. The number of rotatable bonds is 3. The third-order valence-corrected chi connectivity index (χ3v) is 2.76. The Kier molecular flexibility index (Phi) is 3.60. The summed E-state index contributed by atoms with van der Waals surface area (Å²) in [6, 6.07) is 8.82. The lowest BCUT2D eigenvalue weighted by Gasteiger charge is -2.04. The molecule has 0 bridgehead atoms. The Labute approximate surface area is 121 Å². The molecule has 0 aliphatic rings. The first-order chi connectivity index (χ1) is 10.3. The highest BCUT2D eigenvalue weighted by atomic mass is 16.1. The van der Waals surface area contributed by atoms with E-state index in [0.29, 0.717) is 17.1 Å². The van der Waals surface area contributed by atoms with Crippen LogP contribution in [0.15, 0.2) is 61.3 Å². The van der Waals surface area contributed by atoms with Crippen LogP contribution in [-0.2, 0) is 0 Å². The average Bonchev–Trinajstić information content (AvgIpc) is 2.57. The van der Waals surface area contributed by atoms with Gasteiger partial charge < -0.3 is 5.32 Å². The highest BCUT2D eigenvalue weighted by Crippen LogP contribution is 2.13. The van der Waals surface area contributed by atoms with E-state index in [1.807, 2.05) is 18.2 Å². The minimum atomic E-state index is -0.253. The number of amides is 1. The summed E-state index contributed by atoms with van der Waals surface area (Å²) >= 11 is 0. The average molecular weight is 277 g/mol. The lowest BCUT2D eigenvalue weighted by atomic mass is 10.2. The molecule has 0 aromatic carbocycles. The monoisotopic (exact) mass is 277 g/mol. The van der Waals surface area contributed by atoms with Crippen molar-refractivity contribution in [3.63, 3.8) is 0 Å². The van der Waals surface area contributed by atoms with Crippen molar-refractivity contribution in [3.8, 4) is 11.4 Å². The highest BCUT2D eigenvalue weighted by Gasteiger charge is 2.07. The van der Waals surface area contributed by atoms with Gasteiger partial charge in [-0.15, -0.1) is 0 Å². The van der Waals surface area contributed by atoms with Gasteiger partial charge in [-0.05, 0) is 24.3 Å². The van der Waals surface area contributed by atoms with Crippen LogP contribution in [0.3, 0.4) is 0 Å². The van der Waals surface area contributed by atoms with Crippen LogP contribution < -0.4 is 5.32 Å². The van der Waals surface area contributed by atoms with Crippen molar-refractivity contribution in [1.82, 2.24) is 19.9 Å². The van der Waals surface area contributed by atoms with E-state index in [2.05, 4.69) is 25.3 Å². The zero-order chi connectivity index (χ0) is 14.5. The van der Waals surface area contributed by atoms with Crippen LogP contribution in [0.4, 0.5) is 5.82 Å². The van der Waals surface area contributed by atoms with Gasteiger partial charge in [0, 0.05) is 24.2 Å². The van der Waals surface area contributed by atoms with Gasteiger partial charge in [0.25, 0.3) is 5.91 Å². The van der Waals surface area contributed by atoms with Crippen LogP contribution in [0.2, 0.25) is 0 Å². The molecule has 3 aromatic heterocycles. The van der Waals surface area contributed by atoms with Gasteiger partial charge in [-0.25, -0.2) is 9.97 Å². The normalized spacial score (nSPS) is 10.1. The lowest BCUT2D eigenvalue weighted by molar-refractivity contribution is 0.102. The van der Waals surface area contributed by atoms with Crippen LogP contribution in [0, 0.1) is 0 Å². The molecule has 3 rings (SSSR count). The van der Waals surface area contributed by atoms with Gasteiger partial charge in [0.2, 0.25) is 0 Å². The second-order valence-electron chi connectivity index (χ2n) is 4.19. The van der Waals surface area contributed by atoms with Gasteiger partial charge in [-0.1, -0.05) is 6.07 Å². The number of aromatic nitrogens is 4. The Morgan fingerprint density at radius 1 is 0.857 bits per heavy atom. The number of nitrogens with one attached hydrogen (secondary N) is 1. The van der Waals surface area contributed by atoms with E-state index in [4.69, 9.17) is 0 Å². The third-order valence-electron chi connectivity index (χ3n) is 2.76. The fourth-order valence-corrected chi connectivity index (χ4v) is 1.73. The summed E-state index contributed by atoms with van der Waals surface area (Å²) in [6.07, 6.45) is 7.89. The minimum Gasteiger partial charge on any atom is -0.305 e. The van der Waals surface area contributed by atoms with E-state index >= 15 is 0 Å². The molecule has 3 heterocycles. The van der Waals surface area contributed by atoms with Crippen LogP contribution in [0.1, 0.15) is 10.4 Å². The van der Waals surface area contributed by atoms with Crippen molar-refractivity contribution < 1.29 is 4.79 Å². The molecule has 6 nitrogen and oxygen atoms in total. The number of nitrogens with zero attached hydrogens (tertiary/aromatic N) is 4. The highest BCUT2D eigenvalue weighted by molar-refractivity contribution is 6.03. The maximum absolute atomic E-state index is 11.9. The smallest absolute Gasteiger partial charge is 0.256 e. The van der Waals surface area contributed by atoms with E-state index in [1.165, 1.54) is 6.20 Å². The first kappa shape index (κ1) is 12.9. The minimum absolute atomic E-state index is 0.253. The SMILES string of the molecule is O=C(Nc1cnc(-c2ccccn2)cn1)c1ccncc1. The summed E-state index contributed by atoms with van der Waals surface area (Å²) in [5.41, 5.74) is 1.90. The summed E-state index contributed by atoms with van der Waals surface area (Å²) < 4.78 is 0. The molecule has 6 heteroatoms. The maximum atomic E-state index is 11.9.